The molecule has 3 aromatic rings. The van der Waals surface area contributed by atoms with Gasteiger partial charge in [0.15, 0.2) is 0 Å². The molecule has 4 atom stereocenters. The fourth-order valence-electron chi connectivity index (χ4n) is 6.81. The Bertz CT molecular complexity index is 1280. The average molecular weight is 496 g/mol. The van der Waals surface area contributed by atoms with E-state index in [1.165, 1.54) is 22.3 Å². The molecule has 2 N–H and O–H groups in total. The van der Waals surface area contributed by atoms with Gasteiger partial charge in [-0.1, -0.05) is 78.4 Å². The smallest absolute Gasteiger partial charge is 0.426 e. The Morgan fingerprint density at radius 2 is 1.54 bits per heavy atom. The molecule has 0 radical (unpaired) electrons. The monoisotopic (exact) mass is 495 g/mol. The molecule has 1 aliphatic carbocycles. The van der Waals surface area contributed by atoms with Crippen molar-refractivity contribution in [2.75, 3.05) is 13.7 Å². The zero-order valence-electron chi connectivity index (χ0n) is 21.3. The van der Waals surface area contributed by atoms with E-state index in [1.807, 2.05) is 24.3 Å². The number of nitrogens with one attached hydrogen (secondary N) is 2. The third-order valence-electron chi connectivity index (χ3n) is 8.71. The molecule has 2 saturated heterocycles. The van der Waals surface area contributed by atoms with Crippen LogP contribution in [0.2, 0.25) is 0 Å². The van der Waals surface area contributed by atoms with Crippen LogP contribution in [0.3, 0.4) is 0 Å². The summed E-state index contributed by atoms with van der Waals surface area (Å²) in [5.74, 6) is -0.294. The number of carbonyl (C=O) groups excluding carboxylic acids is 2. The Labute approximate surface area is 218 Å². The molecule has 2 fully saturated rings. The quantitative estimate of drug-likeness (QED) is 0.492. The van der Waals surface area contributed by atoms with Crippen molar-refractivity contribution in [2.24, 2.45) is 5.92 Å². The summed E-state index contributed by atoms with van der Waals surface area (Å²) in [7, 11) is 2.12. The van der Waals surface area contributed by atoms with Crippen LogP contribution in [0.15, 0.2) is 72.8 Å². The fraction of sp³-hybridized carbons (Fsp3) is 0.355. The second-order valence-electron chi connectivity index (χ2n) is 10.7. The summed E-state index contributed by atoms with van der Waals surface area (Å²) in [6, 6.07) is 25.6. The van der Waals surface area contributed by atoms with E-state index in [4.69, 9.17) is 4.74 Å². The summed E-state index contributed by atoms with van der Waals surface area (Å²) in [5.41, 5.74) is 12.3. The van der Waals surface area contributed by atoms with E-state index in [2.05, 4.69) is 78.3 Å². The number of nitrogens with zero attached hydrogens (tertiary/aromatic N) is 1. The maximum atomic E-state index is 13.5. The molecule has 2 bridgehead atoms. The Balaban J connectivity index is 1.12. The van der Waals surface area contributed by atoms with Gasteiger partial charge in [-0.25, -0.2) is 10.2 Å². The minimum absolute atomic E-state index is 0.0258. The largest absolute Gasteiger partial charge is 0.447 e. The summed E-state index contributed by atoms with van der Waals surface area (Å²) in [4.78, 5) is 28.5. The maximum Gasteiger partial charge on any atom is 0.426 e. The number of carbonyl (C=O) groups is 2. The van der Waals surface area contributed by atoms with Crippen LogP contribution in [0.5, 0.6) is 0 Å². The molecule has 0 aromatic heterocycles. The minimum atomic E-state index is -0.643. The molecule has 3 aromatic carbocycles. The van der Waals surface area contributed by atoms with E-state index >= 15 is 0 Å². The first-order valence-electron chi connectivity index (χ1n) is 13.2. The molecule has 4 unspecified atom stereocenters. The molecule has 2 amide bonds. The number of benzene rings is 3. The highest BCUT2D eigenvalue weighted by atomic mass is 16.6. The second-order valence-corrected chi connectivity index (χ2v) is 10.7. The molecule has 0 spiro atoms. The third kappa shape index (κ3) is 4.29. The number of ether oxygens (including phenoxy) is 1. The van der Waals surface area contributed by atoms with Gasteiger partial charge in [0.25, 0.3) is 0 Å². The maximum absolute atomic E-state index is 13.5. The van der Waals surface area contributed by atoms with Crippen molar-refractivity contribution in [3.8, 4) is 11.1 Å². The van der Waals surface area contributed by atoms with Gasteiger partial charge >= 0.3 is 6.09 Å². The summed E-state index contributed by atoms with van der Waals surface area (Å²) in [6.45, 7) is 2.28. The van der Waals surface area contributed by atoms with Crippen molar-refractivity contribution in [1.82, 2.24) is 15.8 Å². The first kappa shape index (κ1) is 23.7. The van der Waals surface area contributed by atoms with Crippen LogP contribution in [-0.2, 0) is 9.53 Å². The Hall–Kier alpha value is -3.64. The van der Waals surface area contributed by atoms with Gasteiger partial charge in [0.1, 0.15) is 6.61 Å². The molecule has 0 saturated carbocycles. The van der Waals surface area contributed by atoms with E-state index in [-0.39, 0.29) is 36.3 Å². The average Bonchev–Trinajstić information content (AvgIpc) is 3.35. The summed E-state index contributed by atoms with van der Waals surface area (Å²) < 4.78 is 5.61. The van der Waals surface area contributed by atoms with Gasteiger partial charge in [-0.2, -0.15) is 0 Å². The van der Waals surface area contributed by atoms with Gasteiger partial charge < -0.3 is 4.74 Å². The number of amides is 2. The molecule has 6 nitrogen and oxygen atoms in total. The first-order valence-corrected chi connectivity index (χ1v) is 13.2. The molecule has 3 aliphatic rings. The normalized spacial score (nSPS) is 24.3. The Morgan fingerprint density at radius 3 is 2.22 bits per heavy atom. The van der Waals surface area contributed by atoms with Crippen LogP contribution in [0.25, 0.3) is 11.1 Å². The number of hydrazine groups is 1. The van der Waals surface area contributed by atoms with Crippen LogP contribution in [0, 0.1) is 12.8 Å². The lowest BCUT2D eigenvalue weighted by Gasteiger charge is -2.42. The van der Waals surface area contributed by atoms with E-state index in [9.17, 15) is 9.59 Å². The molecule has 37 heavy (non-hydrogen) atoms. The summed E-state index contributed by atoms with van der Waals surface area (Å²) in [5, 5.41) is 0. The van der Waals surface area contributed by atoms with Gasteiger partial charge in [0.2, 0.25) is 5.91 Å². The highest BCUT2D eigenvalue weighted by Crippen LogP contribution is 2.46. The van der Waals surface area contributed by atoms with Crippen LogP contribution in [0.1, 0.15) is 53.4 Å². The van der Waals surface area contributed by atoms with Crippen LogP contribution in [-0.4, -0.2) is 42.6 Å². The number of fused-ring (bicyclic) bond motifs is 5. The van der Waals surface area contributed by atoms with Gasteiger partial charge in [-0.05, 0) is 67.0 Å². The minimum Gasteiger partial charge on any atom is -0.447 e. The van der Waals surface area contributed by atoms with Crippen molar-refractivity contribution in [1.29, 1.82) is 0 Å². The van der Waals surface area contributed by atoms with Crippen LogP contribution < -0.4 is 10.9 Å². The van der Waals surface area contributed by atoms with Gasteiger partial charge in [0, 0.05) is 18.0 Å². The topological polar surface area (TPSA) is 70.7 Å². The number of hydrogen-bond donors (Lipinski definition) is 2. The van der Waals surface area contributed by atoms with Crippen molar-refractivity contribution in [2.45, 2.75) is 50.1 Å². The summed E-state index contributed by atoms with van der Waals surface area (Å²) in [6.07, 6.45) is 2.40. The predicted octanol–water partition coefficient (Wildman–Crippen LogP) is 5.13. The zero-order chi connectivity index (χ0) is 25.5. The standard InChI is InChI=1S/C31H33N3O3/c1-19-11-13-20(14-12-19)26-17-21-15-16-28(34(21)2)29(26)30(35)32-33-31(36)37-18-27-24-9-5-3-7-22(24)23-8-4-6-10-25(23)27/h3-14,21,26-29H,15-18H2,1-2H3,(H,32,35)(H,33,36). The van der Waals surface area contributed by atoms with E-state index in [1.54, 1.807) is 0 Å². The van der Waals surface area contributed by atoms with Crippen molar-refractivity contribution in [3.63, 3.8) is 0 Å². The number of rotatable bonds is 4. The Morgan fingerprint density at radius 1 is 0.892 bits per heavy atom. The van der Waals surface area contributed by atoms with E-state index < -0.39 is 6.09 Å². The molecule has 6 rings (SSSR count). The molecule has 2 aliphatic heterocycles. The molecular formula is C31H33N3O3. The number of hydrogen-bond acceptors (Lipinski definition) is 4. The number of piperidine rings is 1. The lowest BCUT2D eigenvalue weighted by molar-refractivity contribution is -0.130. The first-order chi connectivity index (χ1) is 18.0. The molecule has 190 valence electrons. The van der Waals surface area contributed by atoms with Gasteiger partial charge in [-0.15, -0.1) is 0 Å². The zero-order valence-corrected chi connectivity index (χ0v) is 21.3. The van der Waals surface area contributed by atoms with Gasteiger partial charge in [-0.3, -0.25) is 15.1 Å². The van der Waals surface area contributed by atoms with Crippen molar-refractivity contribution < 1.29 is 14.3 Å². The highest BCUT2D eigenvalue weighted by molar-refractivity contribution is 5.83. The summed E-state index contributed by atoms with van der Waals surface area (Å²) >= 11 is 0. The second kappa shape index (κ2) is 9.67. The lowest BCUT2D eigenvalue weighted by Crippen LogP contribution is -2.54. The Kier molecular flexibility index (Phi) is 6.21. The molecule has 6 heteroatoms. The van der Waals surface area contributed by atoms with E-state index in [0.29, 0.717) is 6.04 Å². The highest BCUT2D eigenvalue weighted by Gasteiger charge is 2.49. The van der Waals surface area contributed by atoms with Crippen molar-refractivity contribution in [3.05, 3.63) is 95.1 Å². The molecular weight excluding hydrogens is 462 g/mol. The predicted molar refractivity (Wildman–Crippen MR) is 143 cm³/mol. The molecule has 2 heterocycles. The number of aryl methyl sites for hydroxylation is 1. The lowest BCUT2D eigenvalue weighted by atomic mass is 9.75. The fourth-order valence-corrected chi connectivity index (χ4v) is 6.81. The van der Waals surface area contributed by atoms with Crippen LogP contribution in [0.4, 0.5) is 4.79 Å². The van der Waals surface area contributed by atoms with E-state index in [0.717, 1.165) is 30.4 Å². The van der Waals surface area contributed by atoms with Crippen LogP contribution >= 0.6 is 0 Å². The van der Waals surface area contributed by atoms with Crippen molar-refractivity contribution >= 4 is 12.0 Å². The SMILES string of the molecule is Cc1ccc(C2CC3CCC(C2C(=O)NNC(=O)OCC2c4ccccc4-c4ccccc42)N3C)cc1. The van der Waals surface area contributed by atoms with Gasteiger partial charge in [0.05, 0.1) is 5.92 Å². The third-order valence-corrected chi connectivity index (χ3v) is 8.71.